The topological polar surface area (TPSA) is 91.8 Å². The average Bonchev–Trinajstić information content (AvgIpc) is 2.27. The standard InChI is InChI=1S/C12H21NO5S/c1-3-13(9(2)8-11(14)15)12(16)10-6-4-5-7-19(10,17)18/h9-10H,3-8H2,1-2H3,(H,14,15). The molecule has 0 aromatic heterocycles. The molecular weight excluding hydrogens is 270 g/mol. The minimum absolute atomic E-state index is 0.0499. The number of sulfone groups is 1. The summed E-state index contributed by atoms with van der Waals surface area (Å²) >= 11 is 0. The molecule has 0 aromatic rings. The molecule has 0 spiro atoms. The first-order valence-corrected chi connectivity index (χ1v) is 8.25. The Balaban J connectivity index is 2.86. The van der Waals surface area contributed by atoms with E-state index < -0.39 is 33.0 Å². The highest BCUT2D eigenvalue weighted by Gasteiger charge is 2.38. The molecule has 1 saturated heterocycles. The lowest BCUT2D eigenvalue weighted by atomic mass is 10.1. The maximum atomic E-state index is 12.3. The van der Waals surface area contributed by atoms with Crippen LogP contribution in [0.15, 0.2) is 0 Å². The van der Waals surface area contributed by atoms with Crippen LogP contribution in [0.1, 0.15) is 39.5 Å². The molecule has 7 heteroatoms. The lowest BCUT2D eigenvalue weighted by molar-refractivity contribution is -0.140. The molecule has 1 amide bonds. The number of carboxylic acids is 1. The highest BCUT2D eigenvalue weighted by atomic mass is 32.2. The van der Waals surface area contributed by atoms with Gasteiger partial charge < -0.3 is 10.0 Å². The number of hydrogen-bond acceptors (Lipinski definition) is 4. The van der Waals surface area contributed by atoms with Crippen LogP contribution >= 0.6 is 0 Å². The summed E-state index contributed by atoms with van der Waals surface area (Å²) in [5, 5.41) is 7.78. The van der Waals surface area contributed by atoms with Crippen molar-refractivity contribution in [3.8, 4) is 0 Å². The average molecular weight is 291 g/mol. The number of nitrogens with zero attached hydrogens (tertiary/aromatic N) is 1. The Hall–Kier alpha value is -1.11. The first-order valence-electron chi connectivity index (χ1n) is 6.53. The van der Waals surface area contributed by atoms with Crippen molar-refractivity contribution >= 4 is 21.7 Å². The smallest absolute Gasteiger partial charge is 0.305 e. The molecule has 0 bridgehead atoms. The molecular formula is C12H21NO5S. The lowest BCUT2D eigenvalue weighted by Gasteiger charge is -2.32. The van der Waals surface area contributed by atoms with Crippen LogP contribution in [0.3, 0.4) is 0 Å². The molecule has 110 valence electrons. The number of hydrogen-bond donors (Lipinski definition) is 1. The summed E-state index contributed by atoms with van der Waals surface area (Å²) in [7, 11) is -3.38. The van der Waals surface area contributed by atoms with Crippen LogP contribution in [0.2, 0.25) is 0 Å². The molecule has 0 radical (unpaired) electrons. The van der Waals surface area contributed by atoms with Gasteiger partial charge in [0.05, 0.1) is 12.2 Å². The van der Waals surface area contributed by atoms with Crippen LogP contribution in [0.4, 0.5) is 0 Å². The van der Waals surface area contributed by atoms with E-state index in [-0.39, 0.29) is 12.2 Å². The summed E-state index contributed by atoms with van der Waals surface area (Å²) in [6.45, 7) is 3.68. The summed E-state index contributed by atoms with van der Waals surface area (Å²) in [5.74, 6) is -1.39. The van der Waals surface area contributed by atoms with Crippen LogP contribution in [0, 0.1) is 0 Å². The van der Waals surface area contributed by atoms with Crippen LogP contribution in [0.25, 0.3) is 0 Å². The Morgan fingerprint density at radius 3 is 2.47 bits per heavy atom. The number of carbonyl (C=O) groups excluding carboxylic acids is 1. The first-order chi connectivity index (χ1) is 8.79. The van der Waals surface area contributed by atoms with Crippen molar-refractivity contribution in [2.45, 2.75) is 50.8 Å². The zero-order chi connectivity index (χ0) is 14.6. The fourth-order valence-electron chi connectivity index (χ4n) is 2.46. The van der Waals surface area contributed by atoms with Gasteiger partial charge in [0.25, 0.3) is 0 Å². The number of carboxylic acid groups (broad SMARTS) is 1. The monoisotopic (exact) mass is 291 g/mol. The third kappa shape index (κ3) is 3.92. The number of rotatable bonds is 5. The van der Waals surface area contributed by atoms with Crippen molar-refractivity contribution in [1.82, 2.24) is 4.90 Å². The molecule has 2 atom stereocenters. The summed E-state index contributed by atoms with van der Waals surface area (Å²) in [6, 6.07) is -0.493. The molecule has 1 rings (SSSR count). The maximum absolute atomic E-state index is 12.3. The normalized spacial score (nSPS) is 23.6. The Bertz CT molecular complexity index is 445. The summed E-state index contributed by atoms with van der Waals surface area (Å²) in [6.07, 6.45) is 1.49. The second-order valence-corrected chi connectivity index (χ2v) is 7.23. The highest BCUT2D eigenvalue weighted by Crippen LogP contribution is 2.22. The number of aliphatic carboxylic acids is 1. The summed E-state index contributed by atoms with van der Waals surface area (Å²) in [4.78, 5) is 24.4. The van der Waals surface area contributed by atoms with Crippen molar-refractivity contribution in [3.63, 3.8) is 0 Å². The van der Waals surface area contributed by atoms with Gasteiger partial charge in [-0.25, -0.2) is 8.42 Å². The van der Waals surface area contributed by atoms with E-state index in [2.05, 4.69) is 0 Å². The zero-order valence-corrected chi connectivity index (χ0v) is 12.1. The number of amides is 1. The lowest BCUT2D eigenvalue weighted by Crippen LogP contribution is -2.49. The summed E-state index contributed by atoms with van der Waals surface area (Å²) < 4.78 is 23.8. The second-order valence-electron chi connectivity index (χ2n) is 4.92. The molecule has 1 fully saturated rings. The first kappa shape index (κ1) is 15.9. The Labute approximate surface area is 113 Å². The number of carbonyl (C=O) groups is 2. The van der Waals surface area contributed by atoms with Gasteiger partial charge in [0.15, 0.2) is 9.84 Å². The van der Waals surface area contributed by atoms with Crippen LogP contribution in [0.5, 0.6) is 0 Å². The molecule has 2 unspecified atom stereocenters. The molecule has 1 aliphatic rings. The van der Waals surface area contributed by atoms with Crippen molar-refractivity contribution < 1.29 is 23.1 Å². The predicted octanol–water partition coefficient (Wildman–Crippen LogP) is 0.665. The van der Waals surface area contributed by atoms with Gasteiger partial charge in [0.1, 0.15) is 5.25 Å². The van der Waals surface area contributed by atoms with Gasteiger partial charge in [-0.05, 0) is 26.7 Å². The van der Waals surface area contributed by atoms with Gasteiger partial charge in [-0.3, -0.25) is 9.59 Å². The third-order valence-corrected chi connectivity index (χ3v) is 5.64. The van der Waals surface area contributed by atoms with Crippen molar-refractivity contribution in [2.75, 3.05) is 12.3 Å². The third-order valence-electron chi connectivity index (χ3n) is 3.48. The van der Waals surface area contributed by atoms with E-state index in [1.807, 2.05) is 0 Å². The quantitative estimate of drug-likeness (QED) is 0.803. The van der Waals surface area contributed by atoms with E-state index in [0.29, 0.717) is 19.4 Å². The van der Waals surface area contributed by atoms with Crippen LogP contribution in [-0.2, 0) is 19.4 Å². The van der Waals surface area contributed by atoms with Gasteiger partial charge in [0, 0.05) is 12.6 Å². The van der Waals surface area contributed by atoms with Gasteiger partial charge in [-0.2, -0.15) is 0 Å². The second kappa shape index (κ2) is 6.36. The Morgan fingerprint density at radius 1 is 1.37 bits per heavy atom. The van der Waals surface area contributed by atoms with Gasteiger partial charge in [-0.1, -0.05) is 6.42 Å². The van der Waals surface area contributed by atoms with Gasteiger partial charge in [-0.15, -0.1) is 0 Å². The van der Waals surface area contributed by atoms with E-state index in [1.54, 1.807) is 13.8 Å². The molecule has 0 aliphatic carbocycles. The van der Waals surface area contributed by atoms with Gasteiger partial charge in [0.2, 0.25) is 5.91 Å². The fourth-order valence-corrected chi connectivity index (χ4v) is 4.32. The zero-order valence-electron chi connectivity index (χ0n) is 11.3. The Kier molecular flexibility index (Phi) is 5.34. The van der Waals surface area contributed by atoms with Crippen LogP contribution in [-0.4, -0.2) is 53.9 Å². The molecule has 1 aliphatic heterocycles. The van der Waals surface area contributed by atoms with E-state index in [9.17, 15) is 18.0 Å². The maximum Gasteiger partial charge on any atom is 0.305 e. The predicted molar refractivity (Wildman–Crippen MR) is 70.5 cm³/mol. The van der Waals surface area contributed by atoms with E-state index in [0.717, 1.165) is 6.42 Å². The Morgan fingerprint density at radius 2 is 2.00 bits per heavy atom. The molecule has 1 N–H and O–H groups in total. The summed E-state index contributed by atoms with van der Waals surface area (Å²) in [5.41, 5.74) is 0. The highest BCUT2D eigenvalue weighted by molar-refractivity contribution is 7.92. The molecule has 0 aromatic carbocycles. The van der Waals surface area contributed by atoms with E-state index >= 15 is 0 Å². The van der Waals surface area contributed by atoms with Crippen LogP contribution < -0.4 is 0 Å². The molecule has 19 heavy (non-hydrogen) atoms. The van der Waals surface area contributed by atoms with Crippen molar-refractivity contribution in [1.29, 1.82) is 0 Å². The minimum atomic E-state index is -3.38. The van der Waals surface area contributed by atoms with E-state index in [1.165, 1.54) is 4.90 Å². The fraction of sp³-hybridized carbons (Fsp3) is 0.833. The van der Waals surface area contributed by atoms with Gasteiger partial charge >= 0.3 is 5.97 Å². The molecule has 1 heterocycles. The largest absolute Gasteiger partial charge is 0.481 e. The van der Waals surface area contributed by atoms with Crippen molar-refractivity contribution in [2.24, 2.45) is 0 Å². The van der Waals surface area contributed by atoms with E-state index in [4.69, 9.17) is 5.11 Å². The molecule has 6 nitrogen and oxygen atoms in total. The minimum Gasteiger partial charge on any atom is -0.481 e. The molecule has 0 saturated carbocycles. The SMILES string of the molecule is CCN(C(=O)C1CCCCS1(=O)=O)C(C)CC(=O)O. The van der Waals surface area contributed by atoms with Crippen molar-refractivity contribution in [3.05, 3.63) is 0 Å².